The molecule has 1 aromatic carbocycles. The van der Waals surface area contributed by atoms with Crippen LogP contribution in [0.4, 0.5) is 0 Å². The van der Waals surface area contributed by atoms with Gasteiger partial charge in [-0.1, -0.05) is 18.2 Å². The Morgan fingerprint density at radius 3 is 2.84 bits per heavy atom. The lowest BCUT2D eigenvalue weighted by Gasteiger charge is -2.32. The molecule has 2 heterocycles. The Balaban J connectivity index is 2.13. The van der Waals surface area contributed by atoms with Crippen LogP contribution in [0, 0.1) is 0 Å². The van der Waals surface area contributed by atoms with Crippen LogP contribution < -0.4 is 0 Å². The number of sulfonamides is 1. The van der Waals surface area contributed by atoms with Gasteiger partial charge in [0, 0.05) is 16.6 Å². The molecule has 6 heteroatoms. The normalized spacial score (nSPS) is 20.6. The number of aliphatic hydroxyl groups is 1. The van der Waals surface area contributed by atoms with Gasteiger partial charge < -0.3 is 10.1 Å². The highest BCUT2D eigenvalue weighted by Gasteiger charge is 2.33. The first-order chi connectivity index (χ1) is 9.00. The van der Waals surface area contributed by atoms with E-state index in [0.29, 0.717) is 13.0 Å². The van der Waals surface area contributed by atoms with Gasteiger partial charge in [-0.05, 0) is 18.1 Å². The van der Waals surface area contributed by atoms with Gasteiger partial charge in [0.05, 0.1) is 25.4 Å². The molecule has 5 nitrogen and oxygen atoms in total. The first-order valence-electron chi connectivity index (χ1n) is 6.17. The molecule has 1 aliphatic heterocycles. The number of nitrogens with zero attached hydrogens (tertiary/aromatic N) is 1. The van der Waals surface area contributed by atoms with Crippen molar-refractivity contribution in [2.45, 2.75) is 19.0 Å². The van der Waals surface area contributed by atoms with Crippen molar-refractivity contribution in [3.63, 3.8) is 0 Å². The van der Waals surface area contributed by atoms with Gasteiger partial charge in [0.15, 0.2) is 0 Å². The number of aromatic nitrogens is 1. The third kappa shape index (κ3) is 2.05. The highest BCUT2D eigenvalue weighted by Crippen LogP contribution is 2.31. The van der Waals surface area contributed by atoms with Crippen molar-refractivity contribution in [1.82, 2.24) is 9.29 Å². The molecular formula is C13H16N2O3S. The molecule has 102 valence electrons. The average molecular weight is 280 g/mol. The van der Waals surface area contributed by atoms with Crippen LogP contribution in [0.25, 0.3) is 10.9 Å². The highest BCUT2D eigenvalue weighted by atomic mass is 32.2. The molecule has 2 aromatic rings. The minimum absolute atomic E-state index is 0.161. The topological polar surface area (TPSA) is 73.4 Å². The average Bonchev–Trinajstić information content (AvgIpc) is 2.73. The van der Waals surface area contributed by atoms with Crippen LogP contribution >= 0.6 is 0 Å². The van der Waals surface area contributed by atoms with Gasteiger partial charge in [-0.3, -0.25) is 0 Å². The fourth-order valence-corrected chi connectivity index (χ4v) is 3.84. The minimum Gasteiger partial charge on any atom is -0.395 e. The summed E-state index contributed by atoms with van der Waals surface area (Å²) in [6.45, 7) is 0.139. The predicted molar refractivity (Wildman–Crippen MR) is 73.3 cm³/mol. The van der Waals surface area contributed by atoms with Gasteiger partial charge in [0.25, 0.3) is 0 Å². The fraction of sp³-hybridized carbons (Fsp3) is 0.385. The Morgan fingerprint density at radius 1 is 1.42 bits per heavy atom. The summed E-state index contributed by atoms with van der Waals surface area (Å²) in [5.74, 6) is 0. The summed E-state index contributed by atoms with van der Waals surface area (Å²) in [5, 5.41) is 10.6. The summed E-state index contributed by atoms with van der Waals surface area (Å²) < 4.78 is 24.9. The van der Waals surface area contributed by atoms with E-state index in [4.69, 9.17) is 0 Å². The molecule has 1 atom stereocenters. The molecule has 1 aliphatic rings. The lowest BCUT2D eigenvalue weighted by atomic mass is 9.99. The maximum atomic E-state index is 11.8. The molecule has 0 amide bonds. The lowest BCUT2D eigenvalue weighted by Crippen LogP contribution is -2.45. The van der Waals surface area contributed by atoms with Crippen molar-refractivity contribution in [3.8, 4) is 0 Å². The summed E-state index contributed by atoms with van der Waals surface area (Å²) in [6.07, 6.45) is 1.73. The third-order valence-corrected chi connectivity index (χ3v) is 4.98. The summed E-state index contributed by atoms with van der Waals surface area (Å²) in [5.41, 5.74) is 3.06. The van der Waals surface area contributed by atoms with Crippen LogP contribution in [-0.2, 0) is 23.0 Å². The van der Waals surface area contributed by atoms with Gasteiger partial charge >= 0.3 is 0 Å². The summed E-state index contributed by atoms with van der Waals surface area (Å²) in [4.78, 5) is 3.28. The maximum Gasteiger partial charge on any atom is 0.211 e. The molecule has 0 aliphatic carbocycles. The van der Waals surface area contributed by atoms with Crippen LogP contribution in [0.1, 0.15) is 11.3 Å². The Kier molecular flexibility index (Phi) is 2.88. The molecule has 0 saturated carbocycles. The van der Waals surface area contributed by atoms with Crippen LogP contribution in [0.15, 0.2) is 24.3 Å². The smallest absolute Gasteiger partial charge is 0.211 e. The standard InChI is InChI=1S/C13H16N2O3S/c1-19(17,18)15-7-13-11(6-9(15)8-16)10-4-2-3-5-12(10)14-13/h2-5,9,14,16H,6-8H2,1H3. The van der Waals surface area contributed by atoms with E-state index in [0.717, 1.165) is 22.2 Å². The molecule has 1 aromatic heterocycles. The Morgan fingerprint density at radius 2 is 2.16 bits per heavy atom. The molecule has 0 saturated heterocycles. The summed E-state index contributed by atoms with van der Waals surface area (Å²) in [7, 11) is -3.31. The number of hydrogen-bond donors (Lipinski definition) is 2. The number of benzene rings is 1. The van der Waals surface area contributed by atoms with Crippen molar-refractivity contribution in [2.24, 2.45) is 0 Å². The van der Waals surface area contributed by atoms with Crippen molar-refractivity contribution < 1.29 is 13.5 Å². The molecular weight excluding hydrogens is 264 g/mol. The van der Waals surface area contributed by atoms with E-state index in [-0.39, 0.29) is 12.6 Å². The van der Waals surface area contributed by atoms with Crippen molar-refractivity contribution in [3.05, 3.63) is 35.5 Å². The lowest BCUT2D eigenvalue weighted by molar-refractivity contribution is 0.174. The van der Waals surface area contributed by atoms with Crippen molar-refractivity contribution in [2.75, 3.05) is 12.9 Å². The zero-order valence-corrected chi connectivity index (χ0v) is 11.4. The first kappa shape index (κ1) is 12.7. The minimum atomic E-state index is -3.31. The second-order valence-corrected chi connectivity index (χ2v) is 6.91. The molecule has 0 radical (unpaired) electrons. The highest BCUT2D eigenvalue weighted by molar-refractivity contribution is 7.88. The Labute approximate surface area is 111 Å². The monoisotopic (exact) mass is 280 g/mol. The number of nitrogens with one attached hydrogen (secondary N) is 1. The van der Waals surface area contributed by atoms with E-state index in [1.165, 1.54) is 10.6 Å². The van der Waals surface area contributed by atoms with Crippen LogP contribution in [0.5, 0.6) is 0 Å². The van der Waals surface area contributed by atoms with E-state index in [2.05, 4.69) is 4.98 Å². The van der Waals surface area contributed by atoms with Gasteiger partial charge in [0.1, 0.15) is 0 Å². The van der Waals surface area contributed by atoms with E-state index in [9.17, 15) is 13.5 Å². The number of aromatic amines is 1. The Bertz CT molecular complexity index is 721. The molecule has 0 spiro atoms. The quantitative estimate of drug-likeness (QED) is 0.856. The number of para-hydroxylation sites is 1. The van der Waals surface area contributed by atoms with Gasteiger partial charge in [0.2, 0.25) is 10.0 Å². The van der Waals surface area contributed by atoms with Crippen LogP contribution in [0.2, 0.25) is 0 Å². The summed E-state index contributed by atoms with van der Waals surface area (Å²) in [6, 6.07) is 7.54. The largest absolute Gasteiger partial charge is 0.395 e. The molecule has 0 bridgehead atoms. The maximum absolute atomic E-state index is 11.8. The van der Waals surface area contributed by atoms with Crippen LogP contribution in [-0.4, -0.2) is 41.7 Å². The van der Waals surface area contributed by atoms with E-state index in [1.54, 1.807) is 0 Å². The van der Waals surface area contributed by atoms with E-state index >= 15 is 0 Å². The van der Waals surface area contributed by atoms with Crippen LogP contribution in [0.3, 0.4) is 0 Å². The van der Waals surface area contributed by atoms with Gasteiger partial charge in [-0.25, -0.2) is 8.42 Å². The number of aliphatic hydroxyl groups excluding tert-OH is 1. The second-order valence-electron chi connectivity index (χ2n) is 4.98. The van der Waals surface area contributed by atoms with Crippen molar-refractivity contribution >= 4 is 20.9 Å². The zero-order chi connectivity index (χ0) is 13.6. The van der Waals surface area contributed by atoms with Gasteiger partial charge in [-0.2, -0.15) is 4.31 Å². The summed E-state index contributed by atoms with van der Waals surface area (Å²) >= 11 is 0. The molecule has 1 unspecified atom stereocenters. The third-order valence-electron chi connectivity index (χ3n) is 3.70. The molecule has 2 N–H and O–H groups in total. The number of hydrogen-bond acceptors (Lipinski definition) is 3. The predicted octanol–water partition coefficient (Wildman–Crippen LogP) is 0.846. The molecule has 19 heavy (non-hydrogen) atoms. The van der Waals surface area contributed by atoms with Gasteiger partial charge in [-0.15, -0.1) is 0 Å². The van der Waals surface area contributed by atoms with E-state index in [1.807, 2.05) is 24.3 Å². The molecule has 3 rings (SSSR count). The number of fused-ring (bicyclic) bond motifs is 3. The number of H-pyrrole nitrogens is 1. The van der Waals surface area contributed by atoms with Crippen molar-refractivity contribution in [1.29, 1.82) is 0 Å². The zero-order valence-electron chi connectivity index (χ0n) is 10.6. The fourth-order valence-electron chi connectivity index (χ4n) is 2.79. The number of rotatable bonds is 2. The molecule has 0 fully saturated rings. The SMILES string of the molecule is CS(=O)(=O)N1Cc2[nH]c3ccccc3c2CC1CO. The Hall–Kier alpha value is -1.37. The second kappa shape index (κ2) is 4.33. The first-order valence-corrected chi connectivity index (χ1v) is 8.01. The van der Waals surface area contributed by atoms with E-state index < -0.39 is 10.0 Å².